The summed E-state index contributed by atoms with van der Waals surface area (Å²) < 4.78 is 53.2. The van der Waals surface area contributed by atoms with Crippen LogP contribution in [0.3, 0.4) is 0 Å². The molecule has 0 saturated carbocycles. The third-order valence-electron chi connectivity index (χ3n) is 3.63. The zero-order valence-electron chi connectivity index (χ0n) is 14.0. The minimum atomic E-state index is -4.69. The van der Waals surface area contributed by atoms with Crippen LogP contribution in [0.4, 0.5) is 33.9 Å². The number of amides is 2. The van der Waals surface area contributed by atoms with Gasteiger partial charge in [0, 0.05) is 18.0 Å². The smallest absolute Gasteiger partial charge is 0.308 e. The minimum absolute atomic E-state index is 0.0679. The largest absolute Gasteiger partial charge is 0.417 e. The summed E-state index contributed by atoms with van der Waals surface area (Å²) in [5.41, 5.74) is -1.16. The Hall–Kier alpha value is -3.87. The second-order valence-electron chi connectivity index (χ2n) is 5.57. The van der Waals surface area contributed by atoms with E-state index >= 15 is 0 Å². The van der Waals surface area contributed by atoms with Crippen LogP contribution >= 0.6 is 0 Å². The molecule has 6 nitrogen and oxygen atoms in total. The molecule has 3 rings (SSSR count). The van der Waals surface area contributed by atoms with Crippen LogP contribution in [0, 0.1) is 17.1 Å². The van der Waals surface area contributed by atoms with E-state index in [9.17, 15) is 22.4 Å². The number of alkyl halides is 3. The molecule has 0 aliphatic carbocycles. The zero-order valence-corrected chi connectivity index (χ0v) is 14.0. The molecule has 0 radical (unpaired) electrons. The van der Waals surface area contributed by atoms with Crippen molar-refractivity contribution in [3.8, 4) is 11.8 Å². The van der Waals surface area contributed by atoms with Gasteiger partial charge in [-0.25, -0.2) is 13.9 Å². The maximum atomic E-state index is 13.1. The maximum Gasteiger partial charge on any atom is 0.417 e. The highest BCUT2D eigenvalue weighted by molar-refractivity contribution is 5.99. The number of aromatic nitrogens is 2. The van der Waals surface area contributed by atoms with Crippen molar-refractivity contribution in [2.75, 3.05) is 10.6 Å². The van der Waals surface area contributed by atoms with Crippen LogP contribution in [0.25, 0.3) is 5.69 Å². The van der Waals surface area contributed by atoms with E-state index in [0.29, 0.717) is 5.69 Å². The topological polar surface area (TPSA) is 82.7 Å². The number of carbonyl (C=O) groups is 1. The van der Waals surface area contributed by atoms with Crippen LogP contribution in [0.1, 0.15) is 11.1 Å². The van der Waals surface area contributed by atoms with Crippen LogP contribution in [0.2, 0.25) is 0 Å². The third-order valence-corrected chi connectivity index (χ3v) is 3.63. The van der Waals surface area contributed by atoms with Gasteiger partial charge in [0.25, 0.3) is 0 Å². The van der Waals surface area contributed by atoms with Crippen molar-refractivity contribution >= 4 is 17.5 Å². The summed E-state index contributed by atoms with van der Waals surface area (Å²) in [6, 6.07) is 10.5. The predicted octanol–water partition coefficient (Wildman–Crippen LogP) is 4.55. The minimum Gasteiger partial charge on any atom is -0.308 e. The highest BCUT2D eigenvalue weighted by Crippen LogP contribution is 2.33. The molecule has 2 N–H and O–H groups in total. The van der Waals surface area contributed by atoms with Crippen molar-refractivity contribution < 1.29 is 22.4 Å². The summed E-state index contributed by atoms with van der Waals surface area (Å²) in [6.45, 7) is 0. The first kappa shape index (κ1) is 18.9. The molecule has 1 aromatic heterocycles. The number of benzene rings is 2. The Morgan fingerprint density at radius 2 is 1.79 bits per heavy atom. The van der Waals surface area contributed by atoms with Crippen LogP contribution in [-0.2, 0) is 6.18 Å². The molecule has 0 saturated heterocycles. The number of rotatable bonds is 3. The number of halogens is 4. The average Bonchev–Trinajstić information content (AvgIpc) is 3.10. The summed E-state index contributed by atoms with van der Waals surface area (Å²) in [4.78, 5) is 11.9. The Morgan fingerprint density at radius 3 is 2.43 bits per heavy atom. The molecule has 28 heavy (non-hydrogen) atoms. The Balaban J connectivity index is 1.76. The van der Waals surface area contributed by atoms with Crippen LogP contribution in [-0.4, -0.2) is 15.8 Å². The monoisotopic (exact) mass is 389 g/mol. The summed E-state index contributed by atoms with van der Waals surface area (Å²) >= 11 is 0. The lowest BCUT2D eigenvalue weighted by Gasteiger charge is -2.10. The van der Waals surface area contributed by atoms with E-state index < -0.39 is 29.2 Å². The molecular formula is C18H11F4N5O. The zero-order chi connectivity index (χ0) is 20.3. The predicted molar refractivity (Wildman–Crippen MR) is 92.3 cm³/mol. The molecule has 142 valence electrons. The van der Waals surface area contributed by atoms with Crippen LogP contribution in [0.15, 0.2) is 54.7 Å². The van der Waals surface area contributed by atoms with Gasteiger partial charge in [-0.1, -0.05) is 0 Å². The molecule has 0 fully saturated rings. The van der Waals surface area contributed by atoms with E-state index in [4.69, 9.17) is 5.26 Å². The number of hydrogen-bond acceptors (Lipinski definition) is 3. The van der Waals surface area contributed by atoms with Crippen molar-refractivity contribution in [2.45, 2.75) is 6.18 Å². The molecule has 2 aromatic carbocycles. The molecule has 10 heteroatoms. The van der Waals surface area contributed by atoms with Crippen molar-refractivity contribution in [3.63, 3.8) is 0 Å². The quantitative estimate of drug-likeness (QED) is 0.645. The second kappa shape index (κ2) is 7.40. The third kappa shape index (κ3) is 4.27. The van der Waals surface area contributed by atoms with Crippen molar-refractivity contribution in [1.82, 2.24) is 9.78 Å². The van der Waals surface area contributed by atoms with E-state index in [1.807, 2.05) is 0 Å². The van der Waals surface area contributed by atoms with Crippen LogP contribution < -0.4 is 10.6 Å². The SMILES string of the molecule is N#Cc1ccc(-n2ccc(NC(=O)Nc3ccc(F)cc3)n2)cc1C(F)(F)F. The molecule has 0 spiro atoms. The standard InChI is InChI=1S/C18H11F4N5O/c19-12-2-4-13(5-3-12)24-17(28)25-16-7-8-27(26-16)14-6-1-11(10-23)15(9-14)18(20,21)22/h1-9H,(H2,24,25,26,28). The first-order chi connectivity index (χ1) is 13.3. The van der Waals surface area contributed by atoms with Gasteiger partial charge in [-0.3, -0.25) is 5.32 Å². The number of nitrogens with zero attached hydrogens (tertiary/aromatic N) is 3. The lowest BCUT2D eigenvalue weighted by Crippen LogP contribution is -2.19. The van der Waals surface area contributed by atoms with Gasteiger partial charge in [0.2, 0.25) is 0 Å². The maximum absolute atomic E-state index is 13.1. The first-order valence-corrected chi connectivity index (χ1v) is 7.77. The Kier molecular flexibility index (Phi) is 5.00. The van der Waals surface area contributed by atoms with Gasteiger partial charge >= 0.3 is 12.2 Å². The van der Waals surface area contributed by atoms with Crippen molar-refractivity contribution in [1.29, 1.82) is 5.26 Å². The van der Waals surface area contributed by atoms with E-state index in [-0.39, 0.29) is 11.5 Å². The van der Waals surface area contributed by atoms with Gasteiger partial charge < -0.3 is 5.32 Å². The van der Waals surface area contributed by atoms with Gasteiger partial charge in [0.05, 0.1) is 22.9 Å². The summed E-state index contributed by atoms with van der Waals surface area (Å²) in [7, 11) is 0. The Bertz CT molecular complexity index is 1050. The number of carbonyl (C=O) groups excluding carboxylic acids is 1. The number of urea groups is 1. The van der Waals surface area contributed by atoms with Gasteiger partial charge in [-0.2, -0.15) is 18.4 Å². The lowest BCUT2D eigenvalue weighted by atomic mass is 10.1. The van der Waals surface area contributed by atoms with E-state index in [2.05, 4.69) is 15.7 Å². The lowest BCUT2D eigenvalue weighted by molar-refractivity contribution is -0.137. The molecule has 0 unspecified atom stereocenters. The molecule has 0 aliphatic rings. The van der Waals surface area contributed by atoms with Crippen molar-refractivity contribution in [3.05, 3.63) is 71.7 Å². The highest BCUT2D eigenvalue weighted by Gasteiger charge is 2.34. The molecule has 3 aromatic rings. The number of anilines is 2. The molecule has 1 heterocycles. The van der Waals surface area contributed by atoms with Gasteiger partial charge in [0.15, 0.2) is 5.82 Å². The van der Waals surface area contributed by atoms with Crippen LogP contribution in [0.5, 0.6) is 0 Å². The summed E-state index contributed by atoms with van der Waals surface area (Å²) in [5, 5.41) is 17.7. The first-order valence-electron chi connectivity index (χ1n) is 7.77. The number of hydrogen-bond donors (Lipinski definition) is 2. The summed E-state index contributed by atoms with van der Waals surface area (Å²) in [5.74, 6) is -0.372. The second-order valence-corrected chi connectivity index (χ2v) is 5.57. The molecule has 0 atom stereocenters. The van der Waals surface area contributed by atoms with Gasteiger partial charge in [-0.05, 0) is 42.5 Å². The van der Waals surface area contributed by atoms with E-state index in [1.165, 1.54) is 48.7 Å². The molecular weight excluding hydrogens is 378 g/mol. The normalized spacial score (nSPS) is 11.0. The van der Waals surface area contributed by atoms with E-state index in [1.54, 1.807) is 0 Å². The van der Waals surface area contributed by atoms with E-state index in [0.717, 1.165) is 16.8 Å². The average molecular weight is 389 g/mol. The Labute approximate surface area is 156 Å². The van der Waals surface area contributed by atoms with Crippen molar-refractivity contribution in [2.24, 2.45) is 0 Å². The molecule has 0 bridgehead atoms. The Morgan fingerprint density at radius 1 is 1.07 bits per heavy atom. The number of nitriles is 1. The fraction of sp³-hybridized carbons (Fsp3) is 0.0556. The molecule has 0 aliphatic heterocycles. The van der Waals surface area contributed by atoms with Gasteiger partial charge in [0.1, 0.15) is 5.82 Å². The molecule has 2 amide bonds. The fourth-order valence-corrected chi connectivity index (χ4v) is 2.35. The fourth-order valence-electron chi connectivity index (χ4n) is 2.35. The van der Waals surface area contributed by atoms with Gasteiger partial charge in [-0.15, -0.1) is 5.10 Å². The number of nitrogens with one attached hydrogen (secondary N) is 2. The highest BCUT2D eigenvalue weighted by atomic mass is 19.4. The summed E-state index contributed by atoms with van der Waals surface area (Å²) in [6.07, 6.45) is -3.33.